The molecular weight excluding hydrogens is 371 g/mol. The summed E-state index contributed by atoms with van der Waals surface area (Å²) in [5, 5.41) is 2.48. The molecule has 2 aromatic rings. The largest absolute Gasteiger partial charge is 0.445 e. The van der Waals surface area contributed by atoms with Crippen molar-refractivity contribution in [2.24, 2.45) is 16.5 Å². The predicted octanol–water partition coefficient (Wildman–Crippen LogP) is 1.74. The topological polar surface area (TPSA) is 160 Å². The van der Waals surface area contributed by atoms with Gasteiger partial charge in [-0.2, -0.15) is 0 Å². The number of aliphatic imine (C=N–C) groups is 1. The fourth-order valence-corrected chi connectivity index (χ4v) is 3.09. The molecule has 7 N–H and O–H groups in total. The summed E-state index contributed by atoms with van der Waals surface area (Å²) < 4.78 is 16.5. The summed E-state index contributed by atoms with van der Waals surface area (Å²) in [6, 6.07) is 14.4. The van der Waals surface area contributed by atoms with Crippen LogP contribution in [-0.2, 0) is 15.9 Å². The molecule has 1 atom stereocenters. The minimum Gasteiger partial charge on any atom is -0.445 e. The number of nitrogens with one attached hydrogen (secondary N) is 1. The minimum atomic E-state index is -4.39. The van der Waals surface area contributed by atoms with Gasteiger partial charge in [-0.1, -0.05) is 42.5 Å². The monoisotopic (exact) mass is 392 g/mol. The fourth-order valence-electron chi connectivity index (χ4n) is 2.31. The number of hydrogen-bond donors (Lipinski definition) is 5. The Morgan fingerprint density at radius 3 is 2.30 bits per heavy atom. The van der Waals surface area contributed by atoms with Crippen molar-refractivity contribution in [3.05, 3.63) is 65.7 Å². The lowest BCUT2D eigenvalue weighted by molar-refractivity contribution is 0.136. The van der Waals surface area contributed by atoms with Gasteiger partial charge in [0.25, 0.3) is 0 Å². The lowest BCUT2D eigenvalue weighted by atomic mass is 10.1. The van der Waals surface area contributed by atoms with Gasteiger partial charge in [0.1, 0.15) is 6.61 Å². The van der Waals surface area contributed by atoms with Crippen molar-refractivity contribution < 1.29 is 23.9 Å². The molecule has 0 aromatic heterocycles. The zero-order valence-corrected chi connectivity index (χ0v) is 15.3. The summed E-state index contributed by atoms with van der Waals surface area (Å²) in [6.07, 6.45) is -1.36. The first kappa shape index (κ1) is 20.4. The van der Waals surface area contributed by atoms with Crippen LogP contribution in [0.1, 0.15) is 17.2 Å². The average molecular weight is 392 g/mol. The molecule has 0 aliphatic carbocycles. The normalized spacial score (nSPS) is 12.1. The number of benzene rings is 2. The summed E-state index contributed by atoms with van der Waals surface area (Å²) in [7, 11) is -4.39. The number of amides is 1. The van der Waals surface area contributed by atoms with Crippen molar-refractivity contribution in [1.82, 2.24) is 5.32 Å². The molecule has 0 spiro atoms. The Labute approximate surface area is 156 Å². The SMILES string of the molecule is NC(N)=Nc1ccc(C(CP(=O)(O)O)NC(=O)OCc2ccccc2)cc1. The van der Waals surface area contributed by atoms with E-state index in [0.717, 1.165) is 5.56 Å². The van der Waals surface area contributed by atoms with Crippen LogP contribution in [0.15, 0.2) is 59.6 Å². The van der Waals surface area contributed by atoms with Gasteiger partial charge in [-0.15, -0.1) is 0 Å². The first-order valence-electron chi connectivity index (χ1n) is 7.94. The van der Waals surface area contributed by atoms with Crippen molar-refractivity contribution in [2.45, 2.75) is 12.6 Å². The van der Waals surface area contributed by atoms with E-state index >= 15 is 0 Å². The highest BCUT2D eigenvalue weighted by molar-refractivity contribution is 7.51. The number of alkyl carbamates (subject to hydrolysis) is 1. The maximum Gasteiger partial charge on any atom is 0.407 e. The van der Waals surface area contributed by atoms with E-state index in [4.69, 9.17) is 16.2 Å². The van der Waals surface area contributed by atoms with Crippen LogP contribution in [-0.4, -0.2) is 28.0 Å². The van der Waals surface area contributed by atoms with Crippen LogP contribution >= 0.6 is 7.60 Å². The Balaban J connectivity index is 2.08. The fraction of sp³-hybridized carbons (Fsp3) is 0.176. The lowest BCUT2D eigenvalue weighted by Gasteiger charge is -2.19. The van der Waals surface area contributed by atoms with E-state index in [-0.39, 0.29) is 12.6 Å². The van der Waals surface area contributed by atoms with Gasteiger partial charge in [0, 0.05) is 0 Å². The maximum absolute atomic E-state index is 12.1. The van der Waals surface area contributed by atoms with Crippen LogP contribution in [0.2, 0.25) is 0 Å². The Kier molecular flexibility index (Phi) is 6.95. The molecule has 27 heavy (non-hydrogen) atoms. The zero-order valence-electron chi connectivity index (χ0n) is 14.4. The number of nitrogens with zero attached hydrogens (tertiary/aromatic N) is 1. The molecule has 0 radical (unpaired) electrons. The summed E-state index contributed by atoms with van der Waals surface area (Å²) >= 11 is 0. The number of carbonyl (C=O) groups excluding carboxylic acids is 1. The Morgan fingerprint density at radius 2 is 1.74 bits per heavy atom. The summed E-state index contributed by atoms with van der Waals surface area (Å²) in [4.78, 5) is 34.5. The second-order valence-corrected chi connectivity index (χ2v) is 7.43. The minimum absolute atomic E-state index is 0.0404. The van der Waals surface area contributed by atoms with E-state index in [9.17, 15) is 19.1 Å². The lowest BCUT2D eigenvalue weighted by Crippen LogP contribution is -2.31. The molecule has 10 heteroatoms. The average Bonchev–Trinajstić information content (AvgIpc) is 2.59. The number of rotatable bonds is 7. The van der Waals surface area contributed by atoms with E-state index in [0.29, 0.717) is 11.3 Å². The Hall–Kier alpha value is -2.87. The predicted molar refractivity (Wildman–Crippen MR) is 101 cm³/mol. The molecule has 0 aliphatic heterocycles. The molecule has 2 aromatic carbocycles. The van der Waals surface area contributed by atoms with Gasteiger partial charge in [-0.05, 0) is 23.3 Å². The highest BCUT2D eigenvalue weighted by Crippen LogP contribution is 2.39. The second-order valence-electron chi connectivity index (χ2n) is 5.73. The molecule has 1 amide bonds. The van der Waals surface area contributed by atoms with E-state index in [1.165, 1.54) is 0 Å². The van der Waals surface area contributed by atoms with Gasteiger partial charge in [0.2, 0.25) is 0 Å². The van der Waals surface area contributed by atoms with Crippen LogP contribution < -0.4 is 16.8 Å². The standard InChI is InChI=1S/C17H21N4O5P/c18-16(19)20-14-8-6-13(7-9-14)15(11-27(23,24)25)21-17(22)26-10-12-4-2-1-3-5-12/h1-9,15H,10-11H2,(H,21,22)(H4,18,19,20)(H2,23,24,25). The molecule has 2 rings (SSSR count). The van der Waals surface area contributed by atoms with Crippen molar-refractivity contribution in [3.8, 4) is 0 Å². The van der Waals surface area contributed by atoms with Gasteiger partial charge >= 0.3 is 13.7 Å². The zero-order chi connectivity index (χ0) is 19.9. The highest BCUT2D eigenvalue weighted by atomic mass is 31.2. The van der Waals surface area contributed by atoms with Crippen LogP contribution in [0.3, 0.4) is 0 Å². The van der Waals surface area contributed by atoms with Crippen molar-refractivity contribution in [3.63, 3.8) is 0 Å². The number of carbonyl (C=O) groups is 1. The third kappa shape index (κ3) is 7.49. The molecule has 9 nitrogen and oxygen atoms in total. The third-order valence-electron chi connectivity index (χ3n) is 3.48. The molecule has 0 bridgehead atoms. The summed E-state index contributed by atoms with van der Waals surface area (Å²) in [5.41, 5.74) is 12.3. The van der Waals surface area contributed by atoms with Crippen LogP contribution in [0.25, 0.3) is 0 Å². The third-order valence-corrected chi connectivity index (χ3v) is 4.32. The molecular formula is C17H21N4O5P. The summed E-state index contributed by atoms with van der Waals surface area (Å²) in [6.45, 7) is 0.0404. The van der Waals surface area contributed by atoms with Crippen LogP contribution in [0, 0.1) is 0 Å². The van der Waals surface area contributed by atoms with E-state index < -0.39 is 25.9 Å². The van der Waals surface area contributed by atoms with Gasteiger partial charge in [0.05, 0.1) is 17.9 Å². The van der Waals surface area contributed by atoms with Crippen LogP contribution in [0.5, 0.6) is 0 Å². The Morgan fingerprint density at radius 1 is 1.11 bits per heavy atom. The molecule has 0 heterocycles. The van der Waals surface area contributed by atoms with Gasteiger partial charge in [-0.25, -0.2) is 9.79 Å². The number of nitrogens with two attached hydrogens (primary N) is 2. The van der Waals surface area contributed by atoms with Gasteiger partial charge in [0.15, 0.2) is 5.96 Å². The number of guanidine groups is 1. The van der Waals surface area contributed by atoms with Crippen LogP contribution in [0.4, 0.5) is 10.5 Å². The second kappa shape index (κ2) is 9.18. The maximum atomic E-state index is 12.1. The first-order chi connectivity index (χ1) is 12.7. The van der Waals surface area contributed by atoms with Crippen molar-refractivity contribution in [2.75, 3.05) is 6.16 Å². The molecule has 0 saturated heterocycles. The quantitative estimate of drug-likeness (QED) is 0.272. The Bertz CT molecular complexity index is 832. The number of ether oxygens (including phenoxy) is 1. The van der Waals surface area contributed by atoms with E-state index in [2.05, 4.69) is 10.3 Å². The molecule has 0 aliphatic rings. The van der Waals surface area contributed by atoms with Gasteiger partial charge in [-0.3, -0.25) is 4.57 Å². The van der Waals surface area contributed by atoms with Gasteiger partial charge < -0.3 is 31.3 Å². The molecule has 0 fully saturated rings. The smallest absolute Gasteiger partial charge is 0.407 e. The summed E-state index contributed by atoms with van der Waals surface area (Å²) in [5.74, 6) is -0.114. The first-order valence-corrected chi connectivity index (χ1v) is 9.74. The highest BCUT2D eigenvalue weighted by Gasteiger charge is 2.25. The molecule has 0 saturated carbocycles. The number of hydrogen-bond acceptors (Lipinski definition) is 4. The van der Waals surface area contributed by atoms with Crippen molar-refractivity contribution >= 4 is 25.3 Å². The molecule has 144 valence electrons. The van der Waals surface area contributed by atoms with E-state index in [1.54, 1.807) is 36.4 Å². The van der Waals surface area contributed by atoms with Crippen molar-refractivity contribution in [1.29, 1.82) is 0 Å². The molecule has 1 unspecified atom stereocenters. The van der Waals surface area contributed by atoms with E-state index in [1.807, 2.05) is 18.2 Å².